The van der Waals surface area contributed by atoms with Crippen LogP contribution in [0.15, 0.2) is 6.07 Å². The lowest BCUT2D eigenvalue weighted by Crippen LogP contribution is -2.39. The van der Waals surface area contributed by atoms with E-state index in [-0.39, 0.29) is 16.9 Å². The first-order chi connectivity index (χ1) is 11.2. The average Bonchev–Trinajstić information content (AvgIpc) is 2.45. The van der Waals surface area contributed by atoms with Gasteiger partial charge >= 0.3 is 6.18 Å². The van der Waals surface area contributed by atoms with Crippen molar-refractivity contribution in [1.82, 2.24) is 15.3 Å². The molecule has 0 saturated carbocycles. The van der Waals surface area contributed by atoms with E-state index in [9.17, 15) is 13.2 Å². The summed E-state index contributed by atoms with van der Waals surface area (Å²) in [5, 5.41) is 5.64. The molecule has 2 atom stereocenters. The molecule has 134 valence electrons. The molecule has 1 aliphatic rings. The number of nitrogens with zero attached hydrogens (tertiary/aromatic N) is 3. The van der Waals surface area contributed by atoms with Crippen LogP contribution in [0, 0.1) is 11.8 Å². The molecule has 0 radical (unpaired) electrons. The van der Waals surface area contributed by atoms with Gasteiger partial charge in [-0.2, -0.15) is 18.2 Å². The molecule has 24 heavy (non-hydrogen) atoms. The van der Waals surface area contributed by atoms with Gasteiger partial charge in [-0.05, 0) is 37.4 Å². The van der Waals surface area contributed by atoms with E-state index in [1.165, 1.54) is 0 Å². The third kappa shape index (κ3) is 4.93. The van der Waals surface area contributed by atoms with Gasteiger partial charge in [-0.1, -0.05) is 13.8 Å². The monoisotopic (exact) mass is 361 g/mol. The molecule has 1 aliphatic heterocycles. The molecule has 9 heteroatoms. The highest BCUT2D eigenvalue weighted by Crippen LogP contribution is 2.32. The molecule has 2 N–H and O–H groups in total. The highest BCUT2D eigenvalue weighted by molar-refractivity contribution is 7.80. The van der Waals surface area contributed by atoms with Crippen LogP contribution in [-0.2, 0) is 6.18 Å². The molecular weight excluding hydrogens is 339 g/mol. The molecular formula is C15H22F3N5S. The second-order valence-electron chi connectivity index (χ2n) is 6.27. The van der Waals surface area contributed by atoms with Gasteiger partial charge in [-0.25, -0.2) is 4.98 Å². The Morgan fingerprint density at radius 2 is 1.92 bits per heavy atom. The number of aromatic nitrogens is 2. The Labute approximate surface area is 145 Å². The van der Waals surface area contributed by atoms with Gasteiger partial charge in [0.15, 0.2) is 10.8 Å². The maximum absolute atomic E-state index is 13.2. The first-order valence-electron chi connectivity index (χ1n) is 7.95. The van der Waals surface area contributed by atoms with E-state index in [0.717, 1.165) is 12.5 Å². The largest absolute Gasteiger partial charge is 0.433 e. The van der Waals surface area contributed by atoms with Crippen molar-refractivity contribution in [3.63, 3.8) is 0 Å². The van der Waals surface area contributed by atoms with E-state index >= 15 is 0 Å². The van der Waals surface area contributed by atoms with Crippen molar-refractivity contribution in [1.29, 1.82) is 0 Å². The molecule has 0 amide bonds. The van der Waals surface area contributed by atoms with E-state index in [1.54, 1.807) is 0 Å². The summed E-state index contributed by atoms with van der Waals surface area (Å²) < 4.78 is 39.5. The van der Waals surface area contributed by atoms with Crippen molar-refractivity contribution in [2.24, 2.45) is 11.8 Å². The van der Waals surface area contributed by atoms with Crippen molar-refractivity contribution < 1.29 is 13.2 Å². The zero-order valence-electron chi connectivity index (χ0n) is 13.9. The second-order valence-corrected chi connectivity index (χ2v) is 6.68. The van der Waals surface area contributed by atoms with Gasteiger partial charge in [-0.3, -0.25) is 0 Å². The van der Waals surface area contributed by atoms with Gasteiger partial charge in [-0.15, -0.1) is 0 Å². The fraction of sp³-hybridized carbons (Fsp3) is 0.667. The van der Waals surface area contributed by atoms with E-state index in [4.69, 9.17) is 12.2 Å². The second kappa shape index (κ2) is 7.50. The van der Waals surface area contributed by atoms with E-state index < -0.39 is 11.9 Å². The molecule has 2 heterocycles. The summed E-state index contributed by atoms with van der Waals surface area (Å²) in [6, 6.07) is 1.01. The number of piperidine rings is 1. The van der Waals surface area contributed by atoms with E-state index in [2.05, 4.69) is 34.4 Å². The Bertz CT molecular complexity index is 583. The van der Waals surface area contributed by atoms with Gasteiger partial charge in [0.05, 0.1) is 0 Å². The van der Waals surface area contributed by atoms with Crippen LogP contribution in [0.3, 0.4) is 0 Å². The van der Waals surface area contributed by atoms with Crippen molar-refractivity contribution in [3.05, 3.63) is 11.8 Å². The van der Waals surface area contributed by atoms with Gasteiger partial charge in [0, 0.05) is 25.7 Å². The lowest BCUT2D eigenvalue weighted by molar-refractivity contribution is -0.141. The third-order valence-corrected chi connectivity index (χ3v) is 4.00. The predicted octanol–water partition coefficient (Wildman–Crippen LogP) is 3.28. The molecule has 1 aromatic rings. The Kier molecular flexibility index (Phi) is 5.84. The minimum Gasteiger partial charge on any atom is -0.363 e. The highest BCUT2D eigenvalue weighted by atomic mass is 32.1. The minimum atomic E-state index is -4.54. The molecule has 0 aromatic carbocycles. The standard InChI is InChI=1S/C15H22F3N5S/c1-4-19-14(24)22-13-20-11(15(16,17)18)6-12(21-13)23-7-9(2)5-10(3)8-23/h6,9-10H,4-5,7-8H2,1-3H3,(H2,19,20,21,22,24)/t9-,10-/m1/s1. The Hall–Kier alpha value is -1.64. The quantitative estimate of drug-likeness (QED) is 0.806. The first kappa shape index (κ1) is 18.7. The van der Waals surface area contributed by atoms with Crippen LogP contribution in [-0.4, -0.2) is 34.7 Å². The molecule has 2 rings (SSSR count). The zero-order chi connectivity index (χ0) is 17.9. The topological polar surface area (TPSA) is 53.1 Å². The molecule has 5 nitrogen and oxygen atoms in total. The van der Waals surface area contributed by atoms with Crippen LogP contribution in [0.25, 0.3) is 0 Å². The fourth-order valence-electron chi connectivity index (χ4n) is 2.95. The van der Waals surface area contributed by atoms with Crippen LogP contribution in [0.1, 0.15) is 32.9 Å². The highest BCUT2D eigenvalue weighted by Gasteiger charge is 2.35. The molecule has 1 fully saturated rings. The van der Waals surface area contributed by atoms with Gasteiger partial charge in [0.2, 0.25) is 5.95 Å². The van der Waals surface area contributed by atoms with Crippen LogP contribution in [0.4, 0.5) is 24.9 Å². The van der Waals surface area contributed by atoms with Gasteiger partial charge < -0.3 is 15.5 Å². The van der Waals surface area contributed by atoms with Crippen LogP contribution in [0.2, 0.25) is 0 Å². The first-order valence-corrected chi connectivity index (χ1v) is 8.36. The molecule has 0 bridgehead atoms. The maximum Gasteiger partial charge on any atom is 0.433 e. The average molecular weight is 361 g/mol. The Balaban J connectivity index is 2.34. The third-order valence-electron chi connectivity index (χ3n) is 3.76. The predicted molar refractivity (Wildman–Crippen MR) is 92.1 cm³/mol. The molecule has 1 saturated heterocycles. The normalized spacial score (nSPS) is 21.5. The van der Waals surface area contributed by atoms with Gasteiger partial charge in [0.25, 0.3) is 0 Å². The summed E-state index contributed by atoms with van der Waals surface area (Å²) >= 11 is 5.01. The van der Waals surface area contributed by atoms with Crippen molar-refractivity contribution in [3.8, 4) is 0 Å². The van der Waals surface area contributed by atoms with Crippen molar-refractivity contribution >= 4 is 29.1 Å². The summed E-state index contributed by atoms with van der Waals surface area (Å²) in [5.41, 5.74) is -0.972. The summed E-state index contributed by atoms with van der Waals surface area (Å²) in [6.07, 6.45) is -3.48. The summed E-state index contributed by atoms with van der Waals surface area (Å²) in [5.74, 6) is 0.934. The maximum atomic E-state index is 13.2. The smallest absolute Gasteiger partial charge is 0.363 e. The van der Waals surface area contributed by atoms with E-state index in [0.29, 0.717) is 31.5 Å². The van der Waals surface area contributed by atoms with Crippen LogP contribution < -0.4 is 15.5 Å². The molecule has 0 spiro atoms. The summed E-state index contributed by atoms with van der Waals surface area (Å²) in [6.45, 7) is 7.93. The fourth-order valence-corrected chi connectivity index (χ4v) is 3.19. The Morgan fingerprint density at radius 3 is 2.46 bits per heavy atom. The SMILES string of the molecule is CCNC(=S)Nc1nc(N2C[C@H](C)C[C@@H](C)C2)cc(C(F)(F)F)n1. The number of hydrogen-bond donors (Lipinski definition) is 2. The number of rotatable bonds is 3. The summed E-state index contributed by atoms with van der Waals surface area (Å²) in [4.78, 5) is 9.68. The number of thiocarbonyl (C=S) groups is 1. The molecule has 1 aromatic heterocycles. The minimum absolute atomic E-state index is 0.142. The van der Waals surface area contributed by atoms with E-state index in [1.807, 2.05) is 11.8 Å². The van der Waals surface area contributed by atoms with Crippen LogP contribution in [0.5, 0.6) is 0 Å². The zero-order valence-corrected chi connectivity index (χ0v) is 14.8. The number of halogens is 3. The number of nitrogens with one attached hydrogen (secondary N) is 2. The van der Waals surface area contributed by atoms with Crippen LogP contribution >= 0.6 is 12.2 Å². The van der Waals surface area contributed by atoms with Crippen molar-refractivity contribution in [2.75, 3.05) is 29.9 Å². The van der Waals surface area contributed by atoms with Gasteiger partial charge in [0.1, 0.15) is 5.82 Å². The Morgan fingerprint density at radius 1 is 1.29 bits per heavy atom. The number of hydrogen-bond acceptors (Lipinski definition) is 4. The number of anilines is 2. The lowest BCUT2D eigenvalue weighted by Gasteiger charge is -2.36. The van der Waals surface area contributed by atoms with Crippen molar-refractivity contribution in [2.45, 2.75) is 33.4 Å². The molecule has 0 unspecified atom stereocenters. The lowest BCUT2D eigenvalue weighted by atomic mass is 9.92. The number of alkyl halides is 3. The molecule has 0 aliphatic carbocycles. The summed E-state index contributed by atoms with van der Waals surface area (Å²) in [7, 11) is 0.